The number of nitrogens with one attached hydrogen (secondary N) is 2. The summed E-state index contributed by atoms with van der Waals surface area (Å²) in [6, 6.07) is 8.69. The fraction of sp³-hybridized carbons (Fsp3) is 0.407. The quantitative estimate of drug-likeness (QED) is 0.444. The van der Waals surface area contributed by atoms with E-state index in [-0.39, 0.29) is 11.8 Å². The Labute approximate surface area is 199 Å². The largest absolute Gasteiger partial charge is 0.497 e. The summed E-state index contributed by atoms with van der Waals surface area (Å²) in [5.74, 6) is 1.51. The molecule has 0 spiro atoms. The number of hydrogen-bond donors (Lipinski definition) is 2. The number of allylic oxidation sites excluding steroid dienone is 3. The van der Waals surface area contributed by atoms with Gasteiger partial charge in [-0.05, 0) is 55.3 Å². The predicted octanol–water partition coefficient (Wildman–Crippen LogP) is 3.18. The molecule has 34 heavy (non-hydrogen) atoms. The van der Waals surface area contributed by atoms with E-state index in [0.717, 1.165) is 53.1 Å². The summed E-state index contributed by atoms with van der Waals surface area (Å²) < 4.78 is 11.2. The predicted molar refractivity (Wildman–Crippen MR) is 133 cm³/mol. The van der Waals surface area contributed by atoms with Crippen molar-refractivity contribution in [3.05, 3.63) is 59.3 Å². The van der Waals surface area contributed by atoms with Gasteiger partial charge in [0.15, 0.2) is 5.76 Å². The molecule has 1 aromatic heterocycles. The minimum atomic E-state index is -0.0133. The lowest BCUT2D eigenvalue weighted by molar-refractivity contribution is -0.123. The summed E-state index contributed by atoms with van der Waals surface area (Å²) in [6.45, 7) is 2.95. The SMILES string of the molecule is CNC(=O)[C@H]1CCN(c2cc(C3=C=C=C(OCCNC4CC4)C=C3)nc3cc(OC)ccc23)C1. The molecule has 1 aliphatic heterocycles. The number of ether oxygens (including phenoxy) is 2. The first-order chi connectivity index (χ1) is 16.6. The molecule has 0 radical (unpaired) electrons. The van der Waals surface area contributed by atoms with Crippen LogP contribution in [-0.4, -0.2) is 57.3 Å². The van der Waals surface area contributed by atoms with Gasteiger partial charge in [0.05, 0.1) is 29.8 Å². The minimum absolute atomic E-state index is 0.0133. The van der Waals surface area contributed by atoms with Crippen LogP contribution < -0.4 is 20.3 Å². The molecule has 0 unspecified atom stereocenters. The van der Waals surface area contributed by atoms with Crippen LogP contribution in [0.5, 0.6) is 5.75 Å². The van der Waals surface area contributed by atoms with Crippen LogP contribution in [0.25, 0.3) is 16.5 Å². The maximum Gasteiger partial charge on any atom is 0.224 e. The Bertz CT molecular complexity index is 1230. The van der Waals surface area contributed by atoms with Gasteiger partial charge < -0.3 is 25.0 Å². The van der Waals surface area contributed by atoms with Crippen molar-refractivity contribution in [2.75, 3.05) is 45.3 Å². The van der Waals surface area contributed by atoms with Crippen molar-refractivity contribution in [2.45, 2.75) is 25.3 Å². The summed E-state index contributed by atoms with van der Waals surface area (Å²) in [7, 11) is 3.35. The summed E-state index contributed by atoms with van der Waals surface area (Å²) >= 11 is 0. The highest BCUT2D eigenvalue weighted by atomic mass is 16.5. The standard InChI is InChI=1S/C27H30N4O3/c1-28-27(32)19-11-13-31(17-19)26-16-24(30-25-15-22(33-2)9-10-23(25)26)18-3-7-21(8-4-18)34-14-12-29-20-5-6-20/h3,7,9-10,15-16,19-20,29H,5-6,11-14,17H2,1-2H3,(H,28,32)/t19-/m0/s1. The molecule has 176 valence electrons. The third-order valence-electron chi connectivity index (χ3n) is 6.51. The number of anilines is 1. The van der Waals surface area contributed by atoms with Crippen molar-refractivity contribution < 1.29 is 14.3 Å². The van der Waals surface area contributed by atoms with Gasteiger partial charge in [-0.15, -0.1) is 0 Å². The average molecular weight is 459 g/mol. The van der Waals surface area contributed by atoms with E-state index in [9.17, 15) is 4.79 Å². The van der Waals surface area contributed by atoms with E-state index in [1.807, 2.05) is 30.4 Å². The van der Waals surface area contributed by atoms with E-state index in [1.54, 1.807) is 14.2 Å². The van der Waals surface area contributed by atoms with Crippen LogP contribution in [0.1, 0.15) is 25.0 Å². The summed E-state index contributed by atoms with van der Waals surface area (Å²) in [4.78, 5) is 19.4. The highest BCUT2D eigenvalue weighted by Crippen LogP contribution is 2.34. The van der Waals surface area contributed by atoms with Crippen molar-refractivity contribution in [1.29, 1.82) is 0 Å². The topological polar surface area (TPSA) is 75.7 Å². The highest BCUT2D eigenvalue weighted by Gasteiger charge is 2.29. The van der Waals surface area contributed by atoms with Crippen LogP contribution in [0.4, 0.5) is 5.69 Å². The van der Waals surface area contributed by atoms with Crippen LogP contribution in [0.15, 0.2) is 53.6 Å². The second-order valence-corrected chi connectivity index (χ2v) is 8.89. The second kappa shape index (κ2) is 9.78. The van der Waals surface area contributed by atoms with Crippen molar-refractivity contribution >= 4 is 28.1 Å². The van der Waals surface area contributed by atoms with E-state index in [1.165, 1.54) is 12.8 Å². The molecule has 7 nitrogen and oxygen atoms in total. The van der Waals surface area contributed by atoms with E-state index in [2.05, 4.69) is 33.1 Å². The number of nitrogens with zero attached hydrogens (tertiary/aromatic N) is 2. The maximum atomic E-state index is 12.2. The number of amides is 1. The Morgan fingerprint density at radius 1 is 1.21 bits per heavy atom. The number of methoxy groups -OCH3 is 1. The number of rotatable bonds is 9. The van der Waals surface area contributed by atoms with E-state index in [4.69, 9.17) is 14.5 Å². The molecule has 1 aromatic carbocycles. The van der Waals surface area contributed by atoms with Gasteiger partial charge in [0.2, 0.25) is 5.91 Å². The number of benzene rings is 1. The molecule has 2 fully saturated rings. The van der Waals surface area contributed by atoms with Gasteiger partial charge in [0, 0.05) is 49.9 Å². The molecular weight excluding hydrogens is 428 g/mol. The Morgan fingerprint density at radius 3 is 2.82 bits per heavy atom. The Balaban J connectivity index is 1.45. The third-order valence-corrected chi connectivity index (χ3v) is 6.51. The van der Waals surface area contributed by atoms with E-state index < -0.39 is 0 Å². The van der Waals surface area contributed by atoms with Crippen molar-refractivity contribution in [3.8, 4) is 5.75 Å². The lowest BCUT2D eigenvalue weighted by Gasteiger charge is -2.22. The summed E-state index contributed by atoms with van der Waals surface area (Å²) in [6.07, 6.45) is 7.25. The number of carbonyl (C=O) groups is 1. The second-order valence-electron chi connectivity index (χ2n) is 8.89. The maximum absolute atomic E-state index is 12.2. The number of hydrogen-bond acceptors (Lipinski definition) is 6. The van der Waals surface area contributed by atoms with Crippen LogP contribution >= 0.6 is 0 Å². The van der Waals surface area contributed by atoms with Crippen molar-refractivity contribution in [3.63, 3.8) is 0 Å². The summed E-state index contributed by atoms with van der Waals surface area (Å²) in [5.41, 5.74) is 9.89. The van der Waals surface area contributed by atoms with Gasteiger partial charge in [-0.1, -0.05) is 5.73 Å². The highest BCUT2D eigenvalue weighted by molar-refractivity contribution is 5.95. The Morgan fingerprint density at radius 2 is 2.09 bits per heavy atom. The zero-order valence-corrected chi connectivity index (χ0v) is 19.7. The molecule has 1 saturated carbocycles. The molecule has 7 heteroatoms. The van der Waals surface area contributed by atoms with Crippen LogP contribution in [0.2, 0.25) is 0 Å². The average Bonchev–Trinajstić information content (AvgIpc) is 3.58. The molecule has 0 bridgehead atoms. The van der Waals surface area contributed by atoms with E-state index >= 15 is 0 Å². The molecule has 1 amide bonds. The molecule has 2 aliphatic carbocycles. The molecular formula is C27H30N4O3. The first-order valence-corrected chi connectivity index (χ1v) is 11.9. The van der Waals surface area contributed by atoms with Gasteiger partial charge in [0.25, 0.3) is 0 Å². The lowest BCUT2D eigenvalue weighted by atomic mass is 10.1. The Kier molecular flexibility index (Phi) is 6.41. The monoisotopic (exact) mass is 458 g/mol. The normalized spacial score (nSPS) is 19.2. The van der Waals surface area contributed by atoms with Crippen molar-refractivity contribution in [1.82, 2.24) is 15.6 Å². The Hall–Kier alpha value is -3.50. The van der Waals surface area contributed by atoms with Crippen LogP contribution in [-0.2, 0) is 9.53 Å². The zero-order chi connectivity index (χ0) is 23.5. The molecule has 1 atom stereocenters. The van der Waals surface area contributed by atoms with Gasteiger partial charge in [-0.25, -0.2) is 4.98 Å². The minimum Gasteiger partial charge on any atom is -0.497 e. The third kappa shape index (κ3) is 4.87. The number of aromatic nitrogens is 1. The number of carbonyl (C=O) groups excluding carboxylic acids is 1. The van der Waals surface area contributed by atoms with E-state index in [0.29, 0.717) is 25.0 Å². The van der Waals surface area contributed by atoms with Crippen molar-refractivity contribution in [2.24, 2.45) is 5.92 Å². The molecule has 2 heterocycles. The fourth-order valence-electron chi connectivity index (χ4n) is 4.43. The smallest absolute Gasteiger partial charge is 0.224 e. The molecule has 1 saturated heterocycles. The lowest BCUT2D eigenvalue weighted by Crippen LogP contribution is -2.30. The molecule has 5 rings (SSSR count). The zero-order valence-electron chi connectivity index (χ0n) is 19.7. The number of pyridine rings is 1. The number of fused-ring (bicyclic) bond motifs is 1. The van der Waals surface area contributed by atoms with Gasteiger partial charge >= 0.3 is 0 Å². The molecule has 3 aliphatic rings. The molecule has 2 N–H and O–H groups in total. The van der Waals surface area contributed by atoms with Crippen LogP contribution in [0.3, 0.4) is 0 Å². The van der Waals surface area contributed by atoms with Gasteiger partial charge in [0.1, 0.15) is 12.4 Å². The van der Waals surface area contributed by atoms with Gasteiger partial charge in [-0.2, -0.15) is 0 Å². The van der Waals surface area contributed by atoms with Crippen LogP contribution in [0, 0.1) is 5.92 Å². The first kappa shape index (κ1) is 22.3. The first-order valence-electron chi connectivity index (χ1n) is 11.9. The fourth-order valence-corrected chi connectivity index (χ4v) is 4.43. The molecule has 2 aromatic rings. The van der Waals surface area contributed by atoms with Gasteiger partial charge in [-0.3, -0.25) is 4.79 Å². The summed E-state index contributed by atoms with van der Waals surface area (Å²) in [5, 5.41) is 7.26.